The molecule has 0 saturated carbocycles. The molecule has 2 N–H and O–H groups in total. The predicted molar refractivity (Wildman–Crippen MR) is 84.1 cm³/mol. The number of benzene rings is 1. The van der Waals surface area contributed by atoms with E-state index in [1.807, 2.05) is 0 Å². The first-order valence-corrected chi connectivity index (χ1v) is 7.35. The lowest BCUT2D eigenvalue weighted by atomic mass is 10.0. The Morgan fingerprint density at radius 1 is 1.25 bits per heavy atom. The molecule has 2 rings (SSSR count). The zero-order valence-electron chi connectivity index (χ0n) is 13.0. The van der Waals surface area contributed by atoms with E-state index in [9.17, 15) is 0 Å². The maximum Gasteiger partial charge on any atom is 0.0703 e. The number of nitrogens with zero attached hydrogens (tertiary/aromatic N) is 2. The Labute approximate surface area is 122 Å². The third kappa shape index (κ3) is 3.14. The summed E-state index contributed by atoms with van der Waals surface area (Å²) in [4.78, 5) is 4.49. The van der Waals surface area contributed by atoms with Crippen molar-refractivity contribution in [1.29, 1.82) is 0 Å². The van der Waals surface area contributed by atoms with Crippen LogP contribution in [0.3, 0.4) is 0 Å². The van der Waals surface area contributed by atoms with E-state index < -0.39 is 0 Å². The molecule has 1 aromatic carbocycles. The Bertz CT molecular complexity index is 418. The van der Waals surface area contributed by atoms with E-state index in [1.165, 1.54) is 11.3 Å². The van der Waals surface area contributed by atoms with Crippen molar-refractivity contribution in [2.75, 3.05) is 39.2 Å². The highest BCUT2D eigenvalue weighted by molar-refractivity contribution is 5.46. The smallest absolute Gasteiger partial charge is 0.0703 e. The summed E-state index contributed by atoms with van der Waals surface area (Å²) >= 11 is 0. The van der Waals surface area contributed by atoms with Gasteiger partial charge in [-0.3, -0.25) is 4.90 Å². The molecule has 0 bridgehead atoms. The van der Waals surface area contributed by atoms with Gasteiger partial charge in [0, 0.05) is 45.0 Å². The van der Waals surface area contributed by atoms with Gasteiger partial charge in [-0.15, -0.1) is 0 Å². The summed E-state index contributed by atoms with van der Waals surface area (Å²) in [5.74, 6) is 0. The number of likely N-dealkylation sites (N-methyl/N-ethyl adjacent to an activating group) is 1. The van der Waals surface area contributed by atoms with E-state index in [-0.39, 0.29) is 12.1 Å². The maximum atomic E-state index is 6.02. The highest BCUT2D eigenvalue weighted by atomic mass is 16.5. The molecular formula is C16H27N3O. The number of nitrogens with two attached hydrogens (primary N) is 1. The minimum atomic E-state index is 0.250. The fourth-order valence-electron chi connectivity index (χ4n) is 3.02. The van der Waals surface area contributed by atoms with Crippen LogP contribution in [0.2, 0.25) is 0 Å². The van der Waals surface area contributed by atoms with Crippen molar-refractivity contribution in [1.82, 2.24) is 4.90 Å². The minimum absolute atomic E-state index is 0.250. The van der Waals surface area contributed by atoms with Crippen LogP contribution in [-0.4, -0.2) is 51.3 Å². The Hall–Kier alpha value is -1.10. The molecule has 1 aliphatic heterocycles. The van der Waals surface area contributed by atoms with Crippen LogP contribution in [0.4, 0.5) is 5.69 Å². The SMILES string of the molecule is CC1OCCC1N(C)C(CN)c1ccc(N(C)C)cc1. The molecule has 1 heterocycles. The van der Waals surface area contributed by atoms with Gasteiger partial charge in [0.05, 0.1) is 6.10 Å². The number of anilines is 1. The molecule has 0 spiro atoms. The van der Waals surface area contributed by atoms with Crippen molar-refractivity contribution < 1.29 is 4.74 Å². The third-order valence-electron chi connectivity index (χ3n) is 4.37. The second kappa shape index (κ2) is 6.57. The molecule has 0 aliphatic carbocycles. The molecule has 1 aliphatic rings. The zero-order valence-corrected chi connectivity index (χ0v) is 13.0. The van der Waals surface area contributed by atoms with Crippen LogP contribution in [0.1, 0.15) is 24.9 Å². The van der Waals surface area contributed by atoms with Gasteiger partial charge in [0.15, 0.2) is 0 Å². The van der Waals surface area contributed by atoms with Gasteiger partial charge >= 0.3 is 0 Å². The molecule has 0 radical (unpaired) electrons. The first-order chi connectivity index (χ1) is 9.54. The van der Waals surface area contributed by atoms with Gasteiger partial charge in [0.25, 0.3) is 0 Å². The molecule has 3 unspecified atom stereocenters. The predicted octanol–water partition coefficient (Wildman–Crippen LogP) is 1.86. The molecule has 4 nitrogen and oxygen atoms in total. The minimum Gasteiger partial charge on any atom is -0.378 e. The second-order valence-corrected chi connectivity index (χ2v) is 5.83. The topological polar surface area (TPSA) is 41.7 Å². The van der Waals surface area contributed by atoms with Crippen molar-refractivity contribution in [3.8, 4) is 0 Å². The van der Waals surface area contributed by atoms with Crippen molar-refractivity contribution in [2.45, 2.75) is 31.5 Å². The Morgan fingerprint density at radius 2 is 1.90 bits per heavy atom. The van der Waals surface area contributed by atoms with Crippen molar-refractivity contribution in [3.63, 3.8) is 0 Å². The van der Waals surface area contributed by atoms with Gasteiger partial charge in [0.1, 0.15) is 0 Å². The van der Waals surface area contributed by atoms with E-state index in [0.29, 0.717) is 12.6 Å². The average Bonchev–Trinajstić information content (AvgIpc) is 2.86. The summed E-state index contributed by atoms with van der Waals surface area (Å²) < 4.78 is 5.68. The summed E-state index contributed by atoms with van der Waals surface area (Å²) in [7, 11) is 6.27. The standard InChI is InChI=1S/C16H27N3O/c1-12-15(9-10-20-12)19(4)16(11-17)13-5-7-14(8-6-13)18(2)3/h5-8,12,15-16H,9-11,17H2,1-4H3. The normalized spacial score (nSPS) is 24.1. The van der Waals surface area contributed by atoms with Gasteiger partial charge < -0.3 is 15.4 Å². The molecule has 4 heteroatoms. The highest BCUT2D eigenvalue weighted by Crippen LogP contribution is 2.28. The first-order valence-electron chi connectivity index (χ1n) is 7.35. The zero-order chi connectivity index (χ0) is 14.7. The number of rotatable bonds is 5. The van der Waals surface area contributed by atoms with Crippen LogP contribution in [0, 0.1) is 0 Å². The molecule has 112 valence electrons. The van der Waals surface area contributed by atoms with E-state index in [2.05, 4.69) is 62.1 Å². The summed E-state index contributed by atoms with van der Waals surface area (Å²) in [5, 5.41) is 0. The average molecular weight is 277 g/mol. The molecule has 0 aromatic heterocycles. The first kappa shape index (κ1) is 15.3. The molecular weight excluding hydrogens is 250 g/mol. The molecule has 1 aromatic rings. The van der Waals surface area contributed by atoms with Crippen LogP contribution in [0.15, 0.2) is 24.3 Å². The van der Waals surface area contributed by atoms with E-state index >= 15 is 0 Å². The van der Waals surface area contributed by atoms with Crippen LogP contribution in [-0.2, 0) is 4.74 Å². The molecule has 1 fully saturated rings. The maximum absolute atomic E-state index is 6.02. The van der Waals surface area contributed by atoms with Gasteiger partial charge in [-0.2, -0.15) is 0 Å². The lowest BCUT2D eigenvalue weighted by molar-refractivity contribution is 0.0686. The number of hydrogen-bond acceptors (Lipinski definition) is 4. The van der Waals surface area contributed by atoms with Crippen LogP contribution in [0.25, 0.3) is 0 Å². The molecule has 3 atom stereocenters. The summed E-state index contributed by atoms with van der Waals surface area (Å²) in [6.45, 7) is 3.63. The lowest BCUT2D eigenvalue weighted by Crippen LogP contribution is -2.42. The fourth-order valence-corrected chi connectivity index (χ4v) is 3.02. The van der Waals surface area contributed by atoms with Gasteiger partial charge in [-0.05, 0) is 38.1 Å². The number of ether oxygens (including phenoxy) is 1. The monoisotopic (exact) mass is 277 g/mol. The summed E-state index contributed by atoms with van der Waals surface area (Å²) in [5.41, 5.74) is 8.51. The highest BCUT2D eigenvalue weighted by Gasteiger charge is 2.31. The third-order valence-corrected chi connectivity index (χ3v) is 4.37. The quantitative estimate of drug-likeness (QED) is 0.892. The van der Waals surface area contributed by atoms with Crippen LogP contribution < -0.4 is 10.6 Å². The van der Waals surface area contributed by atoms with Crippen LogP contribution >= 0.6 is 0 Å². The van der Waals surface area contributed by atoms with E-state index in [4.69, 9.17) is 10.5 Å². The van der Waals surface area contributed by atoms with Crippen molar-refractivity contribution in [3.05, 3.63) is 29.8 Å². The van der Waals surface area contributed by atoms with Gasteiger partial charge in [-0.25, -0.2) is 0 Å². The Balaban J connectivity index is 2.14. The van der Waals surface area contributed by atoms with Crippen LogP contribution in [0.5, 0.6) is 0 Å². The largest absolute Gasteiger partial charge is 0.378 e. The van der Waals surface area contributed by atoms with Gasteiger partial charge in [-0.1, -0.05) is 12.1 Å². The van der Waals surface area contributed by atoms with Crippen molar-refractivity contribution >= 4 is 5.69 Å². The Kier molecular flexibility index (Phi) is 5.02. The van der Waals surface area contributed by atoms with E-state index in [1.54, 1.807) is 0 Å². The summed E-state index contributed by atoms with van der Waals surface area (Å²) in [6.07, 6.45) is 1.37. The fraction of sp³-hybridized carbons (Fsp3) is 0.625. The molecule has 1 saturated heterocycles. The van der Waals surface area contributed by atoms with Crippen molar-refractivity contribution in [2.24, 2.45) is 5.73 Å². The molecule has 0 amide bonds. The van der Waals surface area contributed by atoms with Gasteiger partial charge in [0.2, 0.25) is 0 Å². The number of hydrogen-bond donors (Lipinski definition) is 1. The van der Waals surface area contributed by atoms with E-state index in [0.717, 1.165) is 13.0 Å². The molecule has 20 heavy (non-hydrogen) atoms. The Morgan fingerprint density at radius 3 is 2.35 bits per heavy atom. The second-order valence-electron chi connectivity index (χ2n) is 5.83. The summed E-state index contributed by atoms with van der Waals surface area (Å²) in [6, 6.07) is 9.38. The lowest BCUT2D eigenvalue weighted by Gasteiger charge is -2.34.